The highest BCUT2D eigenvalue weighted by molar-refractivity contribution is 6.30. The standard InChI is InChI=1S/C17H14ClNO4/c18-10-4-5-13-12(8-10)16(23-9-15(20)19-13)11-2-1-3-14-17(11)22-7-6-21-14/h1-5,8,16H,6-7,9H2,(H,19,20). The van der Waals surface area contributed by atoms with Crippen molar-refractivity contribution in [3.8, 4) is 11.5 Å². The van der Waals surface area contributed by atoms with E-state index in [0.717, 1.165) is 11.1 Å². The number of halogens is 1. The molecule has 0 spiro atoms. The lowest BCUT2D eigenvalue weighted by Gasteiger charge is -2.25. The van der Waals surface area contributed by atoms with Crippen LogP contribution in [0.5, 0.6) is 11.5 Å². The first-order chi connectivity index (χ1) is 11.2. The average Bonchev–Trinajstić information content (AvgIpc) is 2.73. The fourth-order valence-corrected chi connectivity index (χ4v) is 3.04. The summed E-state index contributed by atoms with van der Waals surface area (Å²) in [5.41, 5.74) is 2.31. The maximum atomic E-state index is 11.9. The van der Waals surface area contributed by atoms with E-state index in [1.165, 1.54) is 0 Å². The van der Waals surface area contributed by atoms with E-state index in [1.807, 2.05) is 18.2 Å². The molecule has 0 saturated carbocycles. The van der Waals surface area contributed by atoms with Gasteiger partial charge in [0.2, 0.25) is 5.91 Å². The van der Waals surface area contributed by atoms with Gasteiger partial charge in [-0.15, -0.1) is 0 Å². The fourth-order valence-electron chi connectivity index (χ4n) is 2.86. The van der Waals surface area contributed by atoms with Crippen molar-refractivity contribution < 1.29 is 19.0 Å². The van der Waals surface area contributed by atoms with Crippen LogP contribution in [-0.4, -0.2) is 25.7 Å². The van der Waals surface area contributed by atoms with Gasteiger partial charge in [0, 0.05) is 21.8 Å². The van der Waals surface area contributed by atoms with Gasteiger partial charge in [0.1, 0.15) is 25.9 Å². The Morgan fingerprint density at radius 2 is 1.96 bits per heavy atom. The number of hydrogen-bond acceptors (Lipinski definition) is 4. The Balaban J connectivity index is 1.86. The number of benzene rings is 2. The Hall–Kier alpha value is -2.24. The maximum absolute atomic E-state index is 11.9. The zero-order chi connectivity index (χ0) is 15.8. The van der Waals surface area contributed by atoms with Gasteiger partial charge in [-0.1, -0.05) is 23.7 Å². The normalized spacial score (nSPS) is 19.5. The van der Waals surface area contributed by atoms with Gasteiger partial charge < -0.3 is 19.5 Å². The van der Waals surface area contributed by atoms with E-state index in [9.17, 15) is 4.79 Å². The van der Waals surface area contributed by atoms with Gasteiger partial charge in [-0.25, -0.2) is 0 Å². The number of carbonyl (C=O) groups excluding carboxylic acids is 1. The van der Waals surface area contributed by atoms with E-state index in [1.54, 1.807) is 18.2 Å². The number of rotatable bonds is 1. The highest BCUT2D eigenvalue weighted by Gasteiger charge is 2.29. The Kier molecular flexibility index (Phi) is 3.59. The summed E-state index contributed by atoms with van der Waals surface area (Å²) >= 11 is 6.14. The number of nitrogens with one attached hydrogen (secondary N) is 1. The predicted octanol–water partition coefficient (Wildman–Crippen LogP) is 3.17. The number of anilines is 1. The number of fused-ring (bicyclic) bond motifs is 2. The molecule has 0 aliphatic carbocycles. The maximum Gasteiger partial charge on any atom is 0.250 e. The molecule has 0 fully saturated rings. The molecule has 0 bridgehead atoms. The molecule has 23 heavy (non-hydrogen) atoms. The summed E-state index contributed by atoms with van der Waals surface area (Å²) < 4.78 is 17.2. The van der Waals surface area contributed by atoms with E-state index < -0.39 is 6.10 Å². The molecule has 6 heteroatoms. The molecule has 1 amide bonds. The fraction of sp³-hybridized carbons (Fsp3) is 0.235. The monoisotopic (exact) mass is 331 g/mol. The Bertz CT molecular complexity index is 777. The molecule has 1 unspecified atom stereocenters. The first-order valence-corrected chi connectivity index (χ1v) is 7.69. The summed E-state index contributed by atoms with van der Waals surface area (Å²) in [5.74, 6) is 1.14. The van der Waals surface area contributed by atoms with E-state index >= 15 is 0 Å². The lowest BCUT2D eigenvalue weighted by Crippen LogP contribution is -2.19. The van der Waals surface area contributed by atoms with Gasteiger partial charge in [-0.3, -0.25) is 4.79 Å². The van der Waals surface area contributed by atoms with Gasteiger partial charge in [-0.2, -0.15) is 0 Å². The summed E-state index contributed by atoms with van der Waals surface area (Å²) in [7, 11) is 0. The number of para-hydroxylation sites is 1. The van der Waals surface area contributed by atoms with Crippen molar-refractivity contribution in [3.63, 3.8) is 0 Å². The minimum Gasteiger partial charge on any atom is -0.486 e. The third-order valence-corrected chi connectivity index (χ3v) is 4.07. The van der Waals surface area contributed by atoms with Gasteiger partial charge >= 0.3 is 0 Å². The molecule has 1 atom stereocenters. The van der Waals surface area contributed by atoms with Crippen molar-refractivity contribution >= 4 is 23.2 Å². The third kappa shape index (κ3) is 2.62. The van der Waals surface area contributed by atoms with Crippen LogP contribution in [0.15, 0.2) is 36.4 Å². The lowest BCUT2D eigenvalue weighted by atomic mass is 9.98. The average molecular weight is 332 g/mol. The molecule has 2 aromatic rings. The first kappa shape index (κ1) is 14.4. The zero-order valence-corrected chi connectivity index (χ0v) is 12.9. The second-order valence-corrected chi connectivity index (χ2v) is 5.78. The van der Waals surface area contributed by atoms with E-state index in [-0.39, 0.29) is 12.5 Å². The topological polar surface area (TPSA) is 56.8 Å². The lowest BCUT2D eigenvalue weighted by molar-refractivity contribution is -0.121. The first-order valence-electron chi connectivity index (χ1n) is 7.32. The number of amides is 1. The van der Waals surface area contributed by atoms with Crippen LogP contribution in [0.25, 0.3) is 0 Å². The summed E-state index contributed by atoms with van der Waals surface area (Å²) in [6, 6.07) is 11.0. The Morgan fingerprint density at radius 1 is 1.09 bits per heavy atom. The van der Waals surface area contributed by atoms with E-state index in [2.05, 4.69) is 5.32 Å². The van der Waals surface area contributed by atoms with Crippen LogP contribution < -0.4 is 14.8 Å². The van der Waals surface area contributed by atoms with Crippen molar-refractivity contribution in [2.45, 2.75) is 6.10 Å². The second-order valence-electron chi connectivity index (χ2n) is 5.34. The van der Waals surface area contributed by atoms with Crippen molar-refractivity contribution in [3.05, 3.63) is 52.5 Å². The van der Waals surface area contributed by atoms with Gasteiger partial charge in [0.05, 0.1) is 0 Å². The summed E-state index contributed by atoms with van der Waals surface area (Å²) in [5, 5.41) is 3.41. The largest absolute Gasteiger partial charge is 0.486 e. The van der Waals surface area contributed by atoms with Crippen LogP contribution in [0.4, 0.5) is 5.69 Å². The van der Waals surface area contributed by atoms with E-state index in [0.29, 0.717) is 35.4 Å². The molecular weight excluding hydrogens is 318 g/mol. The second kappa shape index (κ2) is 5.76. The molecule has 2 heterocycles. The smallest absolute Gasteiger partial charge is 0.250 e. The zero-order valence-electron chi connectivity index (χ0n) is 12.2. The molecule has 5 nitrogen and oxygen atoms in total. The molecular formula is C17H14ClNO4. The van der Waals surface area contributed by atoms with Crippen molar-refractivity contribution in [2.24, 2.45) is 0 Å². The highest BCUT2D eigenvalue weighted by Crippen LogP contribution is 2.43. The molecule has 2 aliphatic heterocycles. The molecule has 2 aliphatic rings. The van der Waals surface area contributed by atoms with Crippen LogP contribution in [0.1, 0.15) is 17.2 Å². The van der Waals surface area contributed by atoms with E-state index in [4.69, 9.17) is 25.8 Å². The van der Waals surface area contributed by atoms with Crippen LogP contribution in [-0.2, 0) is 9.53 Å². The van der Waals surface area contributed by atoms with Crippen LogP contribution in [0.2, 0.25) is 5.02 Å². The van der Waals surface area contributed by atoms with Crippen LogP contribution in [0.3, 0.4) is 0 Å². The van der Waals surface area contributed by atoms with Gasteiger partial charge in [-0.05, 0) is 24.3 Å². The van der Waals surface area contributed by atoms with Crippen LogP contribution in [0, 0.1) is 0 Å². The van der Waals surface area contributed by atoms with Crippen molar-refractivity contribution in [1.82, 2.24) is 0 Å². The number of hydrogen-bond donors (Lipinski definition) is 1. The molecule has 0 radical (unpaired) electrons. The quantitative estimate of drug-likeness (QED) is 0.872. The molecule has 1 N–H and O–H groups in total. The van der Waals surface area contributed by atoms with Crippen molar-refractivity contribution in [1.29, 1.82) is 0 Å². The summed E-state index contributed by atoms with van der Waals surface area (Å²) in [4.78, 5) is 11.9. The van der Waals surface area contributed by atoms with Gasteiger partial charge in [0.15, 0.2) is 11.5 Å². The molecule has 0 aromatic heterocycles. The molecule has 0 saturated heterocycles. The predicted molar refractivity (Wildman–Crippen MR) is 85.3 cm³/mol. The van der Waals surface area contributed by atoms with Crippen LogP contribution >= 0.6 is 11.6 Å². The summed E-state index contributed by atoms with van der Waals surface area (Å²) in [6.45, 7) is 0.961. The molecule has 2 aromatic carbocycles. The number of ether oxygens (including phenoxy) is 3. The summed E-state index contributed by atoms with van der Waals surface area (Å²) in [6.07, 6.45) is -0.459. The van der Waals surface area contributed by atoms with Crippen molar-refractivity contribution in [2.75, 3.05) is 25.1 Å². The molecule has 4 rings (SSSR count). The molecule has 118 valence electrons. The Labute approximate surface area is 138 Å². The third-order valence-electron chi connectivity index (χ3n) is 3.83. The highest BCUT2D eigenvalue weighted by atomic mass is 35.5. The number of carbonyl (C=O) groups is 1. The van der Waals surface area contributed by atoms with Gasteiger partial charge in [0.25, 0.3) is 0 Å². The Morgan fingerprint density at radius 3 is 2.87 bits per heavy atom. The SMILES string of the molecule is O=C1COC(c2cccc3c2OCCO3)c2cc(Cl)ccc2N1. The minimum atomic E-state index is -0.459. The minimum absolute atomic E-state index is 0.0402.